The SMILES string of the molecule is Cn1ccnc1-c1cccc(NC(=O)C2CCCNC2)c1. The quantitative estimate of drug-likeness (QED) is 0.906. The fraction of sp³-hybridized carbons (Fsp3) is 0.375. The largest absolute Gasteiger partial charge is 0.334 e. The van der Waals surface area contributed by atoms with Gasteiger partial charge in [-0.15, -0.1) is 0 Å². The normalized spacial score (nSPS) is 18.4. The Labute approximate surface area is 124 Å². The van der Waals surface area contributed by atoms with Crippen molar-refractivity contribution in [2.75, 3.05) is 18.4 Å². The van der Waals surface area contributed by atoms with E-state index in [0.717, 1.165) is 43.0 Å². The predicted molar refractivity (Wildman–Crippen MR) is 82.9 cm³/mol. The Kier molecular flexibility index (Phi) is 4.01. The molecule has 0 spiro atoms. The Hall–Kier alpha value is -2.14. The first kappa shape index (κ1) is 13.8. The van der Waals surface area contributed by atoms with Crippen molar-refractivity contribution in [3.05, 3.63) is 36.7 Å². The van der Waals surface area contributed by atoms with Gasteiger partial charge in [0.1, 0.15) is 5.82 Å². The fourth-order valence-electron chi connectivity index (χ4n) is 2.70. The number of hydrogen-bond donors (Lipinski definition) is 2. The van der Waals surface area contributed by atoms with Crippen molar-refractivity contribution in [1.29, 1.82) is 0 Å². The van der Waals surface area contributed by atoms with Crippen molar-refractivity contribution < 1.29 is 4.79 Å². The first-order valence-electron chi connectivity index (χ1n) is 7.33. The number of carbonyl (C=O) groups is 1. The highest BCUT2D eigenvalue weighted by atomic mass is 16.1. The summed E-state index contributed by atoms with van der Waals surface area (Å²) in [6.07, 6.45) is 5.70. The third kappa shape index (κ3) is 3.13. The van der Waals surface area contributed by atoms with E-state index in [9.17, 15) is 4.79 Å². The van der Waals surface area contributed by atoms with Crippen molar-refractivity contribution in [2.24, 2.45) is 13.0 Å². The number of hydrogen-bond acceptors (Lipinski definition) is 3. The third-order valence-electron chi connectivity index (χ3n) is 3.88. The second-order valence-corrected chi connectivity index (χ2v) is 5.48. The van der Waals surface area contributed by atoms with E-state index in [1.54, 1.807) is 6.20 Å². The predicted octanol–water partition coefficient (Wildman–Crippen LogP) is 2.03. The van der Waals surface area contributed by atoms with Gasteiger partial charge in [-0.2, -0.15) is 0 Å². The zero-order valence-electron chi connectivity index (χ0n) is 12.2. The summed E-state index contributed by atoms with van der Waals surface area (Å²) >= 11 is 0. The molecule has 5 nitrogen and oxygen atoms in total. The summed E-state index contributed by atoms with van der Waals surface area (Å²) < 4.78 is 1.96. The van der Waals surface area contributed by atoms with Gasteiger partial charge < -0.3 is 15.2 Å². The number of anilines is 1. The minimum absolute atomic E-state index is 0.0653. The van der Waals surface area contributed by atoms with E-state index in [4.69, 9.17) is 0 Å². The van der Waals surface area contributed by atoms with Crippen LogP contribution in [0.25, 0.3) is 11.4 Å². The lowest BCUT2D eigenvalue weighted by atomic mass is 9.99. The molecule has 110 valence electrons. The van der Waals surface area contributed by atoms with Crippen molar-refractivity contribution in [2.45, 2.75) is 12.8 Å². The van der Waals surface area contributed by atoms with Crippen molar-refractivity contribution in [3.63, 3.8) is 0 Å². The lowest BCUT2D eigenvalue weighted by Crippen LogP contribution is -2.37. The average molecular weight is 284 g/mol. The lowest BCUT2D eigenvalue weighted by molar-refractivity contribution is -0.120. The van der Waals surface area contributed by atoms with Crippen LogP contribution < -0.4 is 10.6 Å². The fourth-order valence-corrected chi connectivity index (χ4v) is 2.70. The van der Waals surface area contributed by atoms with Crippen LogP contribution in [0.15, 0.2) is 36.7 Å². The van der Waals surface area contributed by atoms with Crippen LogP contribution in [0, 0.1) is 5.92 Å². The highest BCUT2D eigenvalue weighted by Gasteiger charge is 2.20. The van der Waals surface area contributed by atoms with Gasteiger partial charge in [0.25, 0.3) is 0 Å². The highest BCUT2D eigenvalue weighted by molar-refractivity contribution is 5.93. The van der Waals surface area contributed by atoms with Crippen LogP contribution in [-0.2, 0) is 11.8 Å². The van der Waals surface area contributed by atoms with E-state index in [0.29, 0.717) is 0 Å². The minimum Gasteiger partial charge on any atom is -0.334 e. The zero-order chi connectivity index (χ0) is 14.7. The van der Waals surface area contributed by atoms with Gasteiger partial charge in [-0.05, 0) is 31.5 Å². The van der Waals surface area contributed by atoms with Crippen LogP contribution >= 0.6 is 0 Å². The number of nitrogens with one attached hydrogen (secondary N) is 2. The number of aryl methyl sites for hydroxylation is 1. The van der Waals surface area contributed by atoms with E-state index in [1.807, 2.05) is 42.1 Å². The van der Waals surface area contributed by atoms with Crippen molar-refractivity contribution in [1.82, 2.24) is 14.9 Å². The van der Waals surface area contributed by atoms with Crippen LogP contribution in [0.2, 0.25) is 0 Å². The standard InChI is InChI=1S/C16H20N4O/c1-20-9-8-18-15(20)12-4-2-6-14(10-12)19-16(21)13-5-3-7-17-11-13/h2,4,6,8-10,13,17H,3,5,7,11H2,1H3,(H,19,21). The topological polar surface area (TPSA) is 59.0 Å². The summed E-state index contributed by atoms with van der Waals surface area (Å²) in [5, 5.41) is 6.29. The molecule has 1 unspecified atom stereocenters. The van der Waals surface area contributed by atoms with Crippen LogP contribution in [0.1, 0.15) is 12.8 Å². The molecule has 1 atom stereocenters. The molecule has 2 heterocycles. The summed E-state index contributed by atoms with van der Waals surface area (Å²) in [6, 6.07) is 7.83. The number of rotatable bonds is 3. The second kappa shape index (κ2) is 6.10. The molecule has 0 bridgehead atoms. The third-order valence-corrected chi connectivity index (χ3v) is 3.88. The summed E-state index contributed by atoms with van der Waals surface area (Å²) in [5.74, 6) is 1.06. The van der Waals surface area contributed by atoms with Gasteiger partial charge in [-0.1, -0.05) is 12.1 Å². The summed E-state index contributed by atoms with van der Waals surface area (Å²) in [6.45, 7) is 1.78. The molecule has 0 aliphatic carbocycles. The summed E-state index contributed by atoms with van der Waals surface area (Å²) in [7, 11) is 1.96. The molecule has 5 heteroatoms. The van der Waals surface area contributed by atoms with Gasteiger partial charge in [0, 0.05) is 37.2 Å². The van der Waals surface area contributed by atoms with Gasteiger partial charge in [-0.25, -0.2) is 4.98 Å². The van der Waals surface area contributed by atoms with Crippen LogP contribution in [0.4, 0.5) is 5.69 Å². The number of piperidine rings is 1. The minimum atomic E-state index is 0.0653. The molecule has 3 rings (SSSR count). The van der Waals surface area contributed by atoms with Gasteiger partial charge in [-0.3, -0.25) is 4.79 Å². The van der Waals surface area contributed by atoms with Gasteiger partial charge >= 0.3 is 0 Å². The molecule has 1 saturated heterocycles. The smallest absolute Gasteiger partial charge is 0.228 e. The van der Waals surface area contributed by atoms with E-state index in [-0.39, 0.29) is 11.8 Å². The van der Waals surface area contributed by atoms with E-state index in [1.165, 1.54) is 0 Å². The molecule has 0 saturated carbocycles. The molecular weight excluding hydrogens is 264 g/mol. The Morgan fingerprint density at radius 2 is 2.38 bits per heavy atom. The first-order valence-corrected chi connectivity index (χ1v) is 7.33. The summed E-state index contributed by atoms with van der Waals surface area (Å²) in [4.78, 5) is 16.6. The first-order chi connectivity index (χ1) is 10.2. The molecule has 1 aliphatic rings. The molecule has 1 aromatic heterocycles. The number of aromatic nitrogens is 2. The number of amides is 1. The maximum absolute atomic E-state index is 12.3. The van der Waals surface area contributed by atoms with Gasteiger partial charge in [0.15, 0.2) is 0 Å². The number of carbonyl (C=O) groups excluding carboxylic acids is 1. The number of nitrogens with zero attached hydrogens (tertiary/aromatic N) is 2. The van der Waals surface area contributed by atoms with Gasteiger partial charge in [0.05, 0.1) is 5.92 Å². The molecule has 2 N–H and O–H groups in total. The van der Waals surface area contributed by atoms with E-state index in [2.05, 4.69) is 15.6 Å². The highest BCUT2D eigenvalue weighted by Crippen LogP contribution is 2.21. The Morgan fingerprint density at radius 1 is 1.48 bits per heavy atom. The van der Waals surface area contributed by atoms with Gasteiger partial charge in [0.2, 0.25) is 5.91 Å². The molecular formula is C16H20N4O. The average Bonchev–Trinajstić information content (AvgIpc) is 2.94. The second-order valence-electron chi connectivity index (χ2n) is 5.48. The number of benzene rings is 1. The van der Waals surface area contributed by atoms with Crippen LogP contribution in [-0.4, -0.2) is 28.5 Å². The van der Waals surface area contributed by atoms with Crippen molar-refractivity contribution in [3.8, 4) is 11.4 Å². The number of imidazole rings is 1. The van der Waals surface area contributed by atoms with E-state index < -0.39 is 0 Å². The lowest BCUT2D eigenvalue weighted by Gasteiger charge is -2.22. The zero-order valence-corrected chi connectivity index (χ0v) is 12.2. The molecule has 0 radical (unpaired) electrons. The van der Waals surface area contributed by atoms with Crippen LogP contribution in [0.3, 0.4) is 0 Å². The monoisotopic (exact) mass is 284 g/mol. The molecule has 21 heavy (non-hydrogen) atoms. The maximum Gasteiger partial charge on any atom is 0.228 e. The molecule has 1 fully saturated rings. The van der Waals surface area contributed by atoms with Crippen molar-refractivity contribution >= 4 is 11.6 Å². The van der Waals surface area contributed by atoms with Crippen LogP contribution in [0.5, 0.6) is 0 Å². The maximum atomic E-state index is 12.3. The summed E-state index contributed by atoms with van der Waals surface area (Å²) in [5.41, 5.74) is 1.83. The Bertz CT molecular complexity index is 629. The molecule has 2 aromatic rings. The molecule has 1 amide bonds. The molecule has 1 aliphatic heterocycles. The molecule has 1 aromatic carbocycles. The Balaban J connectivity index is 1.74. The van der Waals surface area contributed by atoms with E-state index >= 15 is 0 Å². The Morgan fingerprint density at radius 3 is 3.10 bits per heavy atom.